The number of alkyl halides is 6. The van der Waals surface area contributed by atoms with Gasteiger partial charge in [-0.3, -0.25) is 18.7 Å². The summed E-state index contributed by atoms with van der Waals surface area (Å²) in [6.07, 6.45) is -8.04. The number of aliphatic hydroxyl groups excluding tert-OH is 1. The predicted molar refractivity (Wildman–Crippen MR) is 124 cm³/mol. The molecule has 1 heterocycles. The molecule has 206 valence electrons. The van der Waals surface area contributed by atoms with Gasteiger partial charge in [0.2, 0.25) is 0 Å². The molecule has 0 bridgehead atoms. The van der Waals surface area contributed by atoms with Crippen LogP contribution in [0.15, 0.2) is 70.4 Å². The van der Waals surface area contributed by atoms with E-state index in [4.69, 9.17) is 0 Å². The number of ketones is 1. The van der Waals surface area contributed by atoms with Crippen molar-refractivity contribution >= 4 is 17.5 Å². The molecular weight excluding hydrogens is 538 g/mol. The Morgan fingerprint density at radius 2 is 1.31 bits per heavy atom. The third kappa shape index (κ3) is 6.83. The van der Waals surface area contributed by atoms with Crippen LogP contribution in [0, 0.1) is 0 Å². The highest BCUT2D eigenvalue weighted by Gasteiger charge is 2.31. The van der Waals surface area contributed by atoms with Gasteiger partial charge in [0.05, 0.1) is 36.9 Å². The second kappa shape index (κ2) is 11.0. The summed E-state index contributed by atoms with van der Waals surface area (Å²) in [5.41, 5.74) is -4.47. The summed E-state index contributed by atoms with van der Waals surface area (Å²) in [4.78, 5) is 49.4. The lowest BCUT2D eigenvalue weighted by molar-refractivity contribution is -0.149. The van der Waals surface area contributed by atoms with E-state index in [1.54, 1.807) is 0 Å². The Hall–Kier alpha value is -4.62. The quantitative estimate of drug-likeness (QED) is 0.156. The van der Waals surface area contributed by atoms with E-state index in [-0.39, 0.29) is 11.1 Å². The molecule has 3 rings (SSSR count). The van der Waals surface area contributed by atoms with Gasteiger partial charge in [-0.25, -0.2) is 9.59 Å². The predicted octanol–water partition coefficient (Wildman–Crippen LogP) is 3.79. The topological polar surface area (TPSA) is 108 Å². The lowest BCUT2D eigenvalue weighted by atomic mass is 10.1. The highest BCUT2D eigenvalue weighted by molar-refractivity contribution is 6.39. The second-order valence-electron chi connectivity index (χ2n) is 8.12. The van der Waals surface area contributed by atoms with Crippen LogP contribution in [0.25, 0.3) is 5.76 Å². The molecule has 1 aromatic heterocycles. The van der Waals surface area contributed by atoms with Crippen molar-refractivity contribution in [2.24, 2.45) is 0 Å². The molecule has 0 aliphatic heterocycles. The molecule has 2 aromatic carbocycles. The third-order valence-corrected chi connectivity index (χ3v) is 5.42. The fraction of sp³-hybridized carbons (Fsp3) is 0.200. The summed E-state index contributed by atoms with van der Waals surface area (Å²) in [7, 11) is 0.895. The van der Waals surface area contributed by atoms with Gasteiger partial charge in [-0.15, -0.1) is 0 Å². The van der Waals surface area contributed by atoms with E-state index in [1.165, 1.54) is 0 Å². The number of aromatic nitrogens is 2. The van der Waals surface area contributed by atoms with Gasteiger partial charge in [0, 0.05) is 12.3 Å². The van der Waals surface area contributed by atoms with Crippen LogP contribution in [-0.2, 0) is 39.8 Å². The zero-order valence-electron chi connectivity index (χ0n) is 19.8. The number of carbonyl (C=O) groups is 2. The number of hydrogen-bond donors (Lipinski definition) is 1. The number of nitrogens with zero attached hydrogens (tertiary/aromatic N) is 2. The van der Waals surface area contributed by atoms with Crippen LogP contribution in [0.4, 0.5) is 26.3 Å². The SMILES string of the molecule is COC(=O)C(=O)C=C(O)c1cn(Cc2ccc(C(F)(F)F)cc2)c(=O)n(Cc2ccc(C(F)(F)F)cc2)c1=O. The van der Waals surface area contributed by atoms with Gasteiger partial charge in [0.1, 0.15) is 5.76 Å². The molecular formula is C25H18F6N2O6. The highest BCUT2D eigenvalue weighted by atomic mass is 19.4. The van der Waals surface area contributed by atoms with E-state index in [0.717, 1.165) is 66.4 Å². The van der Waals surface area contributed by atoms with Crippen LogP contribution in [0.2, 0.25) is 0 Å². The first-order chi connectivity index (χ1) is 18.1. The lowest BCUT2D eigenvalue weighted by Crippen LogP contribution is -2.41. The normalized spacial score (nSPS) is 12.3. The Morgan fingerprint density at radius 1 is 0.846 bits per heavy atom. The Kier molecular flexibility index (Phi) is 8.17. The molecule has 0 saturated carbocycles. The Balaban J connectivity index is 2.11. The smallest absolute Gasteiger partial charge is 0.416 e. The standard InChI is InChI=1S/C25H18F6N2O6/c1-39-22(37)20(35)10-19(34)18-13-32(11-14-2-6-16(7-3-14)24(26,27)28)23(38)33(21(18)36)12-15-4-8-17(9-5-15)25(29,30)31/h2-10,13,34H,11-12H2,1H3. The third-order valence-electron chi connectivity index (χ3n) is 5.42. The van der Waals surface area contributed by atoms with Crippen LogP contribution < -0.4 is 11.2 Å². The van der Waals surface area contributed by atoms with E-state index in [0.29, 0.717) is 10.6 Å². The monoisotopic (exact) mass is 556 g/mol. The summed E-state index contributed by atoms with van der Waals surface area (Å²) in [5.74, 6) is -3.74. The van der Waals surface area contributed by atoms with Crippen molar-refractivity contribution in [3.8, 4) is 0 Å². The van der Waals surface area contributed by atoms with E-state index in [2.05, 4.69) is 4.74 Å². The molecule has 8 nitrogen and oxygen atoms in total. The Morgan fingerprint density at radius 3 is 1.74 bits per heavy atom. The van der Waals surface area contributed by atoms with Crippen molar-refractivity contribution in [1.82, 2.24) is 9.13 Å². The average molecular weight is 556 g/mol. The number of hydrogen-bond acceptors (Lipinski definition) is 6. The summed E-state index contributed by atoms with van der Waals surface area (Å²) >= 11 is 0. The molecule has 1 N–H and O–H groups in total. The number of rotatable bonds is 7. The maximum atomic E-state index is 13.1. The molecule has 0 spiro atoms. The fourth-order valence-electron chi connectivity index (χ4n) is 3.42. The van der Waals surface area contributed by atoms with Crippen LogP contribution >= 0.6 is 0 Å². The largest absolute Gasteiger partial charge is 0.507 e. The van der Waals surface area contributed by atoms with Gasteiger partial charge in [-0.2, -0.15) is 26.3 Å². The second-order valence-corrected chi connectivity index (χ2v) is 8.12. The maximum Gasteiger partial charge on any atom is 0.416 e. The van der Waals surface area contributed by atoms with Gasteiger partial charge in [0.15, 0.2) is 0 Å². The zero-order chi connectivity index (χ0) is 29.1. The average Bonchev–Trinajstić information content (AvgIpc) is 2.87. The van der Waals surface area contributed by atoms with E-state index in [9.17, 15) is 50.6 Å². The molecule has 0 saturated heterocycles. The number of ether oxygens (including phenoxy) is 1. The first kappa shape index (κ1) is 28.9. The van der Waals surface area contributed by atoms with Crippen molar-refractivity contribution in [2.45, 2.75) is 25.4 Å². The molecule has 0 unspecified atom stereocenters. The van der Waals surface area contributed by atoms with Crippen LogP contribution in [0.1, 0.15) is 27.8 Å². The van der Waals surface area contributed by atoms with E-state index >= 15 is 0 Å². The number of carbonyl (C=O) groups excluding carboxylic acids is 2. The Labute approximate surface area is 215 Å². The minimum Gasteiger partial charge on any atom is -0.507 e. The first-order valence-electron chi connectivity index (χ1n) is 10.8. The van der Waals surface area contributed by atoms with Crippen LogP contribution in [-0.4, -0.2) is 33.1 Å². The summed E-state index contributed by atoms with van der Waals surface area (Å²) < 4.78 is 82.9. The van der Waals surface area contributed by atoms with Crippen molar-refractivity contribution < 1.29 is 45.8 Å². The number of methoxy groups -OCH3 is 1. The first-order valence-corrected chi connectivity index (χ1v) is 10.8. The number of esters is 1. The molecule has 0 atom stereocenters. The highest BCUT2D eigenvalue weighted by Crippen LogP contribution is 2.30. The minimum atomic E-state index is -4.63. The number of aliphatic hydroxyl groups is 1. The Bertz CT molecular complexity index is 1530. The molecule has 14 heteroatoms. The van der Waals surface area contributed by atoms with Gasteiger partial charge < -0.3 is 9.84 Å². The maximum absolute atomic E-state index is 13.1. The lowest BCUT2D eigenvalue weighted by Gasteiger charge is -2.14. The van der Waals surface area contributed by atoms with Crippen molar-refractivity contribution in [3.05, 3.63) is 109 Å². The van der Waals surface area contributed by atoms with Crippen LogP contribution in [0.3, 0.4) is 0 Å². The molecule has 0 aliphatic carbocycles. The van der Waals surface area contributed by atoms with Crippen molar-refractivity contribution in [2.75, 3.05) is 7.11 Å². The van der Waals surface area contributed by atoms with Crippen molar-refractivity contribution in [1.29, 1.82) is 0 Å². The van der Waals surface area contributed by atoms with E-state index < -0.39 is 70.9 Å². The molecule has 0 amide bonds. The van der Waals surface area contributed by atoms with Gasteiger partial charge in [-0.1, -0.05) is 24.3 Å². The number of benzene rings is 2. The molecule has 3 aromatic rings. The molecule has 0 aliphatic rings. The summed E-state index contributed by atoms with van der Waals surface area (Å²) in [5, 5.41) is 10.4. The summed E-state index contributed by atoms with van der Waals surface area (Å²) in [6, 6.07) is 7.22. The van der Waals surface area contributed by atoms with Crippen molar-refractivity contribution in [3.63, 3.8) is 0 Å². The zero-order valence-corrected chi connectivity index (χ0v) is 19.8. The molecule has 0 radical (unpaired) electrons. The summed E-state index contributed by atoms with van der Waals surface area (Å²) in [6.45, 7) is -0.954. The molecule has 39 heavy (non-hydrogen) atoms. The van der Waals surface area contributed by atoms with E-state index in [1.807, 2.05) is 0 Å². The number of halogens is 6. The van der Waals surface area contributed by atoms with Gasteiger partial charge in [-0.05, 0) is 35.4 Å². The molecule has 0 fully saturated rings. The van der Waals surface area contributed by atoms with Gasteiger partial charge >= 0.3 is 24.0 Å². The van der Waals surface area contributed by atoms with Gasteiger partial charge in [0.25, 0.3) is 11.3 Å². The minimum absolute atomic E-state index is 0.0922. The fourth-order valence-corrected chi connectivity index (χ4v) is 3.42. The van der Waals surface area contributed by atoms with Crippen LogP contribution in [0.5, 0.6) is 0 Å².